The third-order valence-electron chi connectivity index (χ3n) is 13.7. The van der Waals surface area contributed by atoms with E-state index in [-0.39, 0.29) is 36.0 Å². The van der Waals surface area contributed by atoms with Crippen LogP contribution in [-0.2, 0) is 27.2 Å². The highest BCUT2D eigenvalue weighted by atomic mass is 16.5. The Hall–Kier alpha value is -9.66. The summed E-state index contributed by atoms with van der Waals surface area (Å²) in [5, 5.41) is 17.5. The number of amides is 4. The highest BCUT2D eigenvalue weighted by Crippen LogP contribution is 2.26. The number of anilines is 2. The van der Waals surface area contributed by atoms with Gasteiger partial charge in [0.2, 0.25) is 0 Å². The van der Waals surface area contributed by atoms with Crippen molar-refractivity contribution in [3.05, 3.63) is 227 Å². The summed E-state index contributed by atoms with van der Waals surface area (Å²) >= 11 is 0. The van der Waals surface area contributed by atoms with Crippen LogP contribution >= 0.6 is 0 Å². The SMILES string of the molecule is COC(=O)[C@H](Cc1c[nH]c2ccccc12)NC(=O)c1cc(C)ccc1NC(=O)c1ccc2ccccc2c1.Cc1ccc(NC(=O)c2ccc3ccccc3c2)c(C(=O)N[C@@H](Cc2c[nH]c3ccccc23)C(=O)CCCN)c1. The number of esters is 1. The van der Waals surface area contributed by atoms with Crippen LogP contribution in [0.4, 0.5) is 11.4 Å². The number of ether oxygens (including phenoxy) is 1. The number of hydrogen-bond donors (Lipinski definition) is 7. The number of carbonyl (C=O) groups excluding carboxylic acids is 6. The van der Waals surface area contributed by atoms with Crippen LogP contribution in [0.2, 0.25) is 0 Å². The number of hydrogen-bond acceptors (Lipinski definition) is 8. The Labute approximate surface area is 450 Å². The number of methoxy groups -OCH3 is 1. The summed E-state index contributed by atoms with van der Waals surface area (Å²) in [6.45, 7) is 4.12. The van der Waals surface area contributed by atoms with E-state index in [0.717, 1.165) is 65.6 Å². The quantitative estimate of drug-likeness (QED) is 0.0434. The van der Waals surface area contributed by atoms with Gasteiger partial charge in [0.05, 0.1) is 35.7 Å². The van der Waals surface area contributed by atoms with Gasteiger partial charge in [-0.1, -0.05) is 120 Å². The number of aryl methyl sites for hydroxylation is 2. The molecule has 0 unspecified atom stereocenters. The van der Waals surface area contributed by atoms with Crippen molar-refractivity contribution in [2.45, 2.75) is 51.6 Å². The molecule has 14 nitrogen and oxygen atoms in total. The largest absolute Gasteiger partial charge is 0.467 e. The van der Waals surface area contributed by atoms with Gasteiger partial charge < -0.3 is 41.7 Å². The molecule has 0 spiro atoms. The van der Waals surface area contributed by atoms with E-state index in [1.165, 1.54) is 7.11 Å². The minimum absolute atomic E-state index is 0.0847. The second kappa shape index (κ2) is 24.3. The highest BCUT2D eigenvalue weighted by molar-refractivity contribution is 6.12. The summed E-state index contributed by atoms with van der Waals surface area (Å²) in [5.74, 6) is -2.22. The van der Waals surface area contributed by atoms with E-state index in [2.05, 4.69) is 31.2 Å². The average Bonchev–Trinajstić information content (AvgIpc) is 4.10. The molecule has 2 aromatic heterocycles. The zero-order valence-corrected chi connectivity index (χ0v) is 43.4. The number of Topliss-reactive ketones (excluding diaryl/α,β-unsaturated/α-hetero) is 1. The molecular formula is C64H59N7O7. The van der Waals surface area contributed by atoms with Crippen molar-refractivity contribution in [1.29, 1.82) is 0 Å². The fourth-order valence-electron chi connectivity index (χ4n) is 9.50. The number of rotatable bonds is 17. The Bertz CT molecular complexity index is 3880. The van der Waals surface area contributed by atoms with Gasteiger partial charge in [-0.15, -0.1) is 0 Å². The second-order valence-corrected chi connectivity index (χ2v) is 19.2. The first-order chi connectivity index (χ1) is 37.8. The molecule has 0 radical (unpaired) electrons. The maximum Gasteiger partial charge on any atom is 0.328 e. The molecule has 8 N–H and O–H groups in total. The first-order valence-corrected chi connectivity index (χ1v) is 25.7. The van der Waals surface area contributed by atoms with E-state index in [0.29, 0.717) is 47.5 Å². The van der Waals surface area contributed by atoms with Crippen molar-refractivity contribution in [3.63, 3.8) is 0 Å². The maximum absolute atomic E-state index is 13.6. The van der Waals surface area contributed by atoms with Gasteiger partial charge in [-0.05, 0) is 120 Å². The number of fused-ring (bicyclic) bond motifs is 4. The lowest BCUT2D eigenvalue weighted by atomic mass is 9.98. The van der Waals surface area contributed by atoms with Crippen LogP contribution in [0.3, 0.4) is 0 Å². The van der Waals surface area contributed by atoms with Crippen LogP contribution in [0, 0.1) is 13.8 Å². The summed E-state index contributed by atoms with van der Waals surface area (Å²) in [7, 11) is 1.29. The van der Waals surface area contributed by atoms with E-state index in [4.69, 9.17) is 10.5 Å². The van der Waals surface area contributed by atoms with Crippen molar-refractivity contribution in [2.24, 2.45) is 5.73 Å². The molecule has 78 heavy (non-hydrogen) atoms. The van der Waals surface area contributed by atoms with Crippen molar-refractivity contribution in [2.75, 3.05) is 24.3 Å². The molecule has 4 amide bonds. The fraction of sp³-hybridized carbons (Fsp3) is 0.156. The molecule has 2 heterocycles. The molecule has 10 rings (SSSR count). The van der Waals surface area contributed by atoms with Gasteiger partial charge in [0.15, 0.2) is 5.78 Å². The third kappa shape index (κ3) is 12.5. The lowest BCUT2D eigenvalue weighted by molar-refractivity contribution is -0.142. The molecule has 0 aliphatic rings. The van der Waals surface area contributed by atoms with Gasteiger partial charge in [-0.25, -0.2) is 4.79 Å². The van der Waals surface area contributed by atoms with Crippen LogP contribution in [-0.4, -0.2) is 71.1 Å². The van der Waals surface area contributed by atoms with E-state index in [1.54, 1.807) is 36.4 Å². The monoisotopic (exact) mass is 1040 g/mol. The Balaban J connectivity index is 0.000000190. The predicted octanol–water partition coefficient (Wildman–Crippen LogP) is 10.9. The number of benzene rings is 8. The number of aromatic nitrogens is 2. The van der Waals surface area contributed by atoms with Crippen LogP contribution in [0.1, 0.15) is 76.5 Å². The molecule has 2 atom stereocenters. The number of nitrogens with one attached hydrogen (secondary N) is 6. The van der Waals surface area contributed by atoms with E-state index in [1.807, 2.05) is 160 Å². The number of ketones is 1. The smallest absolute Gasteiger partial charge is 0.328 e. The van der Waals surface area contributed by atoms with Crippen LogP contribution in [0.5, 0.6) is 0 Å². The van der Waals surface area contributed by atoms with Crippen LogP contribution < -0.4 is 27.0 Å². The molecular weight excluding hydrogens is 979 g/mol. The lowest BCUT2D eigenvalue weighted by Gasteiger charge is -2.19. The van der Waals surface area contributed by atoms with Crippen LogP contribution in [0.15, 0.2) is 182 Å². The number of nitrogens with two attached hydrogens (primary N) is 1. The first kappa shape index (κ1) is 53.2. The van der Waals surface area contributed by atoms with Crippen molar-refractivity contribution >= 4 is 90.1 Å². The van der Waals surface area contributed by atoms with Gasteiger partial charge in [-0.3, -0.25) is 24.0 Å². The molecule has 10 aromatic rings. The molecule has 0 saturated heterocycles. The zero-order chi connectivity index (χ0) is 54.7. The molecule has 0 aliphatic heterocycles. The van der Waals surface area contributed by atoms with E-state index < -0.39 is 29.9 Å². The molecule has 14 heteroatoms. The minimum atomic E-state index is -0.920. The first-order valence-electron chi connectivity index (χ1n) is 25.7. The molecule has 0 saturated carbocycles. The highest BCUT2D eigenvalue weighted by Gasteiger charge is 2.27. The zero-order valence-electron chi connectivity index (χ0n) is 43.4. The third-order valence-corrected chi connectivity index (χ3v) is 13.7. The molecule has 8 aromatic carbocycles. The summed E-state index contributed by atoms with van der Waals surface area (Å²) in [6, 6.07) is 50.9. The standard InChI is InChI=1S/C33H32N4O3.C31H27N3O4/c1-21-12-15-29(36-32(39)24-14-13-22-7-2-3-8-23(22)18-24)27(17-21)33(40)37-30(31(38)11-6-16-34)19-25-20-35-28-10-5-4-9-26(25)28;1-19-11-14-27(33-29(35)22-13-12-20-7-3-4-8-21(20)16-22)25(15-19)30(36)34-28(31(37)38-2)17-23-18-32-26-10-6-5-9-24(23)26/h2-5,7-10,12-15,17-18,20,30,35H,6,11,16,19,34H2,1H3,(H,36,39)(H,37,40);3-16,18,28,32H,17H2,1-2H3,(H,33,35)(H,34,36)/t30-;28-/m00/s1. The summed E-state index contributed by atoms with van der Waals surface area (Å²) in [4.78, 5) is 85.7. The fourth-order valence-corrected chi connectivity index (χ4v) is 9.50. The number of carbonyl (C=O) groups is 6. The number of aromatic amines is 2. The van der Waals surface area contributed by atoms with E-state index in [9.17, 15) is 28.8 Å². The van der Waals surface area contributed by atoms with E-state index >= 15 is 0 Å². The Kier molecular flexibility index (Phi) is 16.6. The topological polar surface area (TPSA) is 217 Å². The molecule has 0 bridgehead atoms. The maximum atomic E-state index is 13.6. The number of para-hydroxylation sites is 2. The Morgan fingerprint density at radius 3 is 1.41 bits per heavy atom. The average molecular weight is 1040 g/mol. The molecule has 392 valence electrons. The van der Waals surface area contributed by atoms with Gasteiger partial charge in [0.25, 0.3) is 23.6 Å². The Morgan fingerprint density at radius 1 is 0.500 bits per heavy atom. The van der Waals surface area contributed by atoms with Gasteiger partial charge >= 0.3 is 5.97 Å². The Morgan fingerprint density at radius 2 is 0.936 bits per heavy atom. The molecule has 0 aliphatic carbocycles. The lowest BCUT2D eigenvalue weighted by Crippen LogP contribution is -2.43. The summed E-state index contributed by atoms with van der Waals surface area (Å²) < 4.78 is 4.99. The number of H-pyrrole nitrogens is 2. The normalized spacial score (nSPS) is 11.8. The van der Waals surface area contributed by atoms with Gasteiger partial charge in [0.1, 0.15) is 6.04 Å². The van der Waals surface area contributed by atoms with Gasteiger partial charge in [0, 0.05) is 64.6 Å². The van der Waals surface area contributed by atoms with Crippen LogP contribution in [0.25, 0.3) is 43.4 Å². The summed E-state index contributed by atoms with van der Waals surface area (Å²) in [5.41, 5.74) is 13.3. The van der Waals surface area contributed by atoms with Crippen molar-refractivity contribution in [1.82, 2.24) is 20.6 Å². The minimum Gasteiger partial charge on any atom is -0.467 e. The molecule has 0 fully saturated rings. The summed E-state index contributed by atoms with van der Waals surface area (Å²) in [6.07, 6.45) is 5.09. The van der Waals surface area contributed by atoms with Crippen molar-refractivity contribution in [3.8, 4) is 0 Å². The van der Waals surface area contributed by atoms with Gasteiger partial charge in [-0.2, -0.15) is 0 Å². The second-order valence-electron chi connectivity index (χ2n) is 19.2. The van der Waals surface area contributed by atoms with Crippen molar-refractivity contribution < 1.29 is 33.5 Å². The predicted molar refractivity (Wildman–Crippen MR) is 308 cm³/mol.